The van der Waals surface area contributed by atoms with Crippen LogP contribution in [-0.4, -0.2) is 23.3 Å². The van der Waals surface area contributed by atoms with E-state index in [1.54, 1.807) is 13.0 Å². The molecule has 6 heteroatoms. The fraction of sp³-hybridized carbons (Fsp3) is 0.385. The van der Waals surface area contributed by atoms with Crippen LogP contribution in [-0.2, 0) is 27.2 Å². The Morgan fingerprint density at radius 3 is 2.53 bits per heavy atom. The highest BCUT2D eigenvalue weighted by Crippen LogP contribution is 2.21. The minimum absolute atomic E-state index is 0.0764. The summed E-state index contributed by atoms with van der Waals surface area (Å²) in [4.78, 5) is 32.8. The van der Waals surface area contributed by atoms with Crippen molar-refractivity contribution in [2.75, 3.05) is 6.61 Å². The van der Waals surface area contributed by atoms with Gasteiger partial charge in [0.2, 0.25) is 0 Å². The second-order valence-electron chi connectivity index (χ2n) is 4.08. The van der Waals surface area contributed by atoms with Crippen LogP contribution < -0.4 is 0 Å². The van der Waals surface area contributed by atoms with Gasteiger partial charge in [-0.2, -0.15) is 0 Å². The van der Waals surface area contributed by atoms with Gasteiger partial charge in [0.05, 0.1) is 18.0 Å². The maximum atomic E-state index is 11.4. The molecule has 0 aliphatic heterocycles. The second-order valence-corrected chi connectivity index (χ2v) is 4.08. The van der Waals surface area contributed by atoms with Crippen LogP contribution in [0.3, 0.4) is 0 Å². The molecular weight excluding hydrogens is 250 g/mol. The Hall–Kier alpha value is -2.24. The van der Waals surface area contributed by atoms with E-state index in [4.69, 9.17) is 4.74 Å². The van der Waals surface area contributed by atoms with Crippen molar-refractivity contribution in [2.45, 2.75) is 26.7 Å². The van der Waals surface area contributed by atoms with Crippen LogP contribution in [0.2, 0.25) is 0 Å². The van der Waals surface area contributed by atoms with Gasteiger partial charge in [0, 0.05) is 18.1 Å². The molecule has 0 bridgehead atoms. The summed E-state index contributed by atoms with van der Waals surface area (Å²) < 4.78 is 4.76. The summed E-state index contributed by atoms with van der Waals surface area (Å²) in [5, 5.41) is 11.0. The summed E-state index contributed by atoms with van der Waals surface area (Å²) in [7, 11) is 0. The zero-order chi connectivity index (χ0) is 14.4. The molecule has 0 amide bonds. The Labute approximate surface area is 110 Å². The average Bonchev–Trinajstić information content (AvgIpc) is 2.30. The van der Waals surface area contributed by atoms with Crippen molar-refractivity contribution in [2.24, 2.45) is 0 Å². The monoisotopic (exact) mass is 265 g/mol. The summed E-state index contributed by atoms with van der Waals surface area (Å²) in [5.41, 5.74) is 0.689. The summed E-state index contributed by atoms with van der Waals surface area (Å²) in [6, 6.07) is 4.44. The summed E-state index contributed by atoms with van der Waals surface area (Å²) in [5.74, 6) is -0.586. The second kappa shape index (κ2) is 6.63. The largest absolute Gasteiger partial charge is 0.466 e. The first kappa shape index (κ1) is 14.8. The molecule has 6 nitrogen and oxygen atoms in total. The molecular formula is C13H15NO5. The van der Waals surface area contributed by atoms with Gasteiger partial charge < -0.3 is 4.74 Å². The minimum atomic E-state index is -0.557. The lowest BCUT2D eigenvalue weighted by atomic mass is 10.0. The highest BCUT2D eigenvalue weighted by molar-refractivity contribution is 5.79. The van der Waals surface area contributed by atoms with Gasteiger partial charge in [-0.3, -0.25) is 19.7 Å². The molecule has 19 heavy (non-hydrogen) atoms. The van der Waals surface area contributed by atoms with Crippen LogP contribution in [0.1, 0.15) is 25.0 Å². The number of carbonyl (C=O) groups excluding carboxylic acids is 2. The molecule has 1 aromatic carbocycles. The van der Waals surface area contributed by atoms with Crippen molar-refractivity contribution in [1.29, 1.82) is 0 Å². The maximum Gasteiger partial charge on any atom is 0.310 e. The fourth-order valence-electron chi connectivity index (χ4n) is 1.69. The standard InChI is InChI=1S/C13H15NO5/c1-3-19-13(16)8-11-5-4-10(6-9(2)15)7-12(11)14(17)18/h4-5,7H,3,6,8H2,1-2H3. The molecule has 1 rings (SSSR count). The topological polar surface area (TPSA) is 86.5 Å². The van der Waals surface area contributed by atoms with E-state index >= 15 is 0 Å². The number of carbonyl (C=O) groups is 2. The molecule has 1 aromatic rings. The SMILES string of the molecule is CCOC(=O)Cc1ccc(CC(C)=O)cc1[N+](=O)[O-]. The predicted octanol–water partition coefficient (Wildman–Crippen LogP) is 1.83. The van der Waals surface area contributed by atoms with Crippen LogP contribution >= 0.6 is 0 Å². The Bertz CT molecular complexity index is 510. The maximum absolute atomic E-state index is 11.4. The van der Waals surface area contributed by atoms with E-state index in [1.807, 2.05) is 0 Å². The zero-order valence-corrected chi connectivity index (χ0v) is 10.8. The van der Waals surface area contributed by atoms with E-state index in [1.165, 1.54) is 19.1 Å². The number of ketones is 1. The highest BCUT2D eigenvalue weighted by Gasteiger charge is 2.18. The number of ether oxygens (including phenoxy) is 1. The molecule has 102 valence electrons. The smallest absolute Gasteiger partial charge is 0.310 e. The van der Waals surface area contributed by atoms with Gasteiger partial charge >= 0.3 is 5.97 Å². The highest BCUT2D eigenvalue weighted by atomic mass is 16.6. The number of Topliss-reactive ketones (excluding diaryl/α,β-unsaturated/α-hetero) is 1. The van der Waals surface area contributed by atoms with Crippen LogP contribution in [0.15, 0.2) is 18.2 Å². The Balaban J connectivity index is 3.01. The Kier molecular flexibility index (Phi) is 5.17. The molecule has 0 N–H and O–H groups in total. The summed E-state index contributed by atoms with van der Waals surface area (Å²) in [6.45, 7) is 3.32. The van der Waals surface area contributed by atoms with Crippen molar-refractivity contribution in [3.63, 3.8) is 0 Å². The third kappa shape index (κ3) is 4.50. The summed E-state index contributed by atoms with van der Waals surface area (Å²) in [6.07, 6.45) is -0.00890. The van der Waals surface area contributed by atoms with E-state index in [9.17, 15) is 19.7 Å². The van der Waals surface area contributed by atoms with Crippen molar-refractivity contribution in [1.82, 2.24) is 0 Å². The number of nitrogens with zero attached hydrogens (tertiary/aromatic N) is 1. The van der Waals surface area contributed by atoms with Gasteiger partial charge in [0.1, 0.15) is 5.78 Å². The Morgan fingerprint density at radius 1 is 1.32 bits per heavy atom. The van der Waals surface area contributed by atoms with E-state index in [-0.39, 0.29) is 36.5 Å². The van der Waals surface area contributed by atoms with Crippen molar-refractivity contribution in [3.8, 4) is 0 Å². The van der Waals surface area contributed by atoms with Gasteiger partial charge in [0.15, 0.2) is 0 Å². The molecule has 0 spiro atoms. The number of hydrogen-bond acceptors (Lipinski definition) is 5. The van der Waals surface area contributed by atoms with E-state index in [0.29, 0.717) is 5.56 Å². The lowest BCUT2D eigenvalue weighted by Gasteiger charge is -2.05. The average molecular weight is 265 g/mol. The molecule has 0 aliphatic rings. The van der Waals surface area contributed by atoms with Gasteiger partial charge in [-0.25, -0.2) is 0 Å². The minimum Gasteiger partial charge on any atom is -0.466 e. The normalized spacial score (nSPS) is 10.0. The van der Waals surface area contributed by atoms with E-state index < -0.39 is 10.9 Å². The van der Waals surface area contributed by atoms with Crippen LogP contribution in [0.25, 0.3) is 0 Å². The van der Waals surface area contributed by atoms with Crippen molar-refractivity contribution < 1.29 is 19.2 Å². The lowest BCUT2D eigenvalue weighted by molar-refractivity contribution is -0.385. The van der Waals surface area contributed by atoms with Gasteiger partial charge in [-0.05, 0) is 19.4 Å². The van der Waals surface area contributed by atoms with Crippen molar-refractivity contribution >= 4 is 17.4 Å². The van der Waals surface area contributed by atoms with Gasteiger partial charge in [-0.15, -0.1) is 0 Å². The third-order valence-corrected chi connectivity index (χ3v) is 2.44. The molecule has 0 atom stereocenters. The molecule has 0 saturated carbocycles. The number of rotatable bonds is 6. The van der Waals surface area contributed by atoms with Crippen molar-refractivity contribution in [3.05, 3.63) is 39.4 Å². The molecule has 0 radical (unpaired) electrons. The lowest BCUT2D eigenvalue weighted by Crippen LogP contribution is -2.09. The predicted molar refractivity (Wildman–Crippen MR) is 67.8 cm³/mol. The molecule has 0 saturated heterocycles. The van der Waals surface area contributed by atoms with Gasteiger partial charge in [-0.1, -0.05) is 12.1 Å². The fourth-order valence-corrected chi connectivity index (χ4v) is 1.69. The number of esters is 1. The number of benzene rings is 1. The molecule has 0 unspecified atom stereocenters. The molecule has 0 fully saturated rings. The van der Waals surface area contributed by atoms with E-state index in [2.05, 4.69) is 0 Å². The third-order valence-electron chi connectivity index (χ3n) is 2.44. The quantitative estimate of drug-likeness (QED) is 0.445. The number of hydrogen-bond donors (Lipinski definition) is 0. The van der Waals surface area contributed by atoms with Crippen LogP contribution in [0, 0.1) is 10.1 Å². The first-order valence-corrected chi connectivity index (χ1v) is 5.85. The summed E-state index contributed by atoms with van der Waals surface area (Å²) >= 11 is 0. The van der Waals surface area contributed by atoms with Crippen LogP contribution in [0.5, 0.6) is 0 Å². The number of nitro groups is 1. The van der Waals surface area contributed by atoms with E-state index in [0.717, 1.165) is 0 Å². The molecule has 0 heterocycles. The molecule has 0 aromatic heterocycles. The first-order chi connectivity index (χ1) is 8.93. The van der Waals surface area contributed by atoms with Gasteiger partial charge in [0.25, 0.3) is 5.69 Å². The molecule has 0 aliphatic carbocycles. The Morgan fingerprint density at radius 2 is 2.00 bits per heavy atom. The zero-order valence-electron chi connectivity index (χ0n) is 10.8. The first-order valence-electron chi connectivity index (χ1n) is 5.85. The van der Waals surface area contributed by atoms with Crippen LogP contribution in [0.4, 0.5) is 5.69 Å². The number of nitro benzene ring substituents is 1.